The molecule has 1 aromatic rings. The SMILES string of the molecule is CC(C)Oc1cccc(CNCCC(N)=O)c1. The van der Waals surface area contributed by atoms with Gasteiger partial charge in [-0.2, -0.15) is 0 Å². The zero-order valence-corrected chi connectivity index (χ0v) is 10.4. The molecule has 0 atom stereocenters. The third-order valence-electron chi connectivity index (χ3n) is 2.15. The number of hydrogen-bond donors (Lipinski definition) is 2. The summed E-state index contributed by atoms with van der Waals surface area (Å²) in [6.45, 7) is 5.31. The predicted octanol–water partition coefficient (Wildman–Crippen LogP) is 1.44. The smallest absolute Gasteiger partial charge is 0.218 e. The second-order valence-corrected chi connectivity index (χ2v) is 4.21. The zero-order chi connectivity index (χ0) is 12.7. The van der Waals surface area contributed by atoms with Crippen LogP contribution in [0.5, 0.6) is 5.75 Å². The summed E-state index contributed by atoms with van der Waals surface area (Å²) in [7, 11) is 0. The van der Waals surface area contributed by atoms with Gasteiger partial charge >= 0.3 is 0 Å². The maximum Gasteiger partial charge on any atom is 0.218 e. The number of benzene rings is 1. The molecule has 4 heteroatoms. The van der Waals surface area contributed by atoms with E-state index in [0.29, 0.717) is 19.5 Å². The summed E-state index contributed by atoms with van der Waals surface area (Å²) in [6.07, 6.45) is 0.537. The highest BCUT2D eigenvalue weighted by molar-refractivity contribution is 5.73. The number of hydrogen-bond acceptors (Lipinski definition) is 3. The van der Waals surface area contributed by atoms with E-state index < -0.39 is 0 Å². The number of rotatable bonds is 7. The van der Waals surface area contributed by atoms with Crippen LogP contribution in [0.3, 0.4) is 0 Å². The van der Waals surface area contributed by atoms with Crippen molar-refractivity contribution >= 4 is 5.91 Å². The number of amides is 1. The fourth-order valence-corrected chi connectivity index (χ4v) is 1.45. The molecule has 17 heavy (non-hydrogen) atoms. The Bertz CT molecular complexity index is 364. The molecule has 3 N–H and O–H groups in total. The van der Waals surface area contributed by atoms with E-state index in [1.54, 1.807) is 0 Å². The lowest BCUT2D eigenvalue weighted by Crippen LogP contribution is -2.21. The average molecular weight is 236 g/mol. The molecular formula is C13H20N2O2. The standard InChI is InChI=1S/C13H20N2O2/c1-10(2)17-12-5-3-4-11(8-12)9-15-7-6-13(14)16/h3-5,8,10,15H,6-7,9H2,1-2H3,(H2,14,16). The molecule has 0 saturated carbocycles. The van der Waals surface area contributed by atoms with Crippen LogP contribution in [0, 0.1) is 0 Å². The molecule has 0 spiro atoms. The van der Waals surface area contributed by atoms with Crippen LogP contribution in [0.15, 0.2) is 24.3 Å². The monoisotopic (exact) mass is 236 g/mol. The van der Waals surface area contributed by atoms with Crippen LogP contribution >= 0.6 is 0 Å². The first kappa shape index (κ1) is 13.5. The van der Waals surface area contributed by atoms with E-state index in [0.717, 1.165) is 11.3 Å². The van der Waals surface area contributed by atoms with Crippen molar-refractivity contribution in [2.75, 3.05) is 6.54 Å². The molecule has 94 valence electrons. The highest BCUT2D eigenvalue weighted by Gasteiger charge is 1.99. The first-order valence-electron chi connectivity index (χ1n) is 5.82. The van der Waals surface area contributed by atoms with Crippen molar-refractivity contribution in [2.45, 2.75) is 32.9 Å². The molecule has 0 radical (unpaired) electrons. The maximum absolute atomic E-state index is 10.5. The van der Waals surface area contributed by atoms with E-state index in [1.807, 2.05) is 38.1 Å². The van der Waals surface area contributed by atoms with Crippen molar-refractivity contribution < 1.29 is 9.53 Å². The van der Waals surface area contributed by atoms with Gasteiger partial charge < -0.3 is 15.8 Å². The largest absolute Gasteiger partial charge is 0.491 e. The normalized spacial score (nSPS) is 10.5. The van der Waals surface area contributed by atoms with Crippen molar-refractivity contribution in [3.05, 3.63) is 29.8 Å². The van der Waals surface area contributed by atoms with Gasteiger partial charge in [-0.05, 0) is 31.5 Å². The van der Waals surface area contributed by atoms with Crippen LogP contribution in [0.4, 0.5) is 0 Å². The van der Waals surface area contributed by atoms with E-state index in [9.17, 15) is 4.79 Å². The van der Waals surface area contributed by atoms with Crippen LogP contribution in [-0.4, -0.2) is 18.6 Å². The highest BCUT2D eigenvalue weighted by atomic mass is 16.5. The van der Waals surface area contributed by atoms with Gasteiger partial charge in [0.05, 0.1) is 6.10 Å². The lowest BCUT2D eigenvalue weighted by molar-refractivity contribution is -0.117. The molecule has 4 nitrogen and oxygen atoms in total. The summed E-state index contributed by atoms with van der Waals surface area (Å²) in [5, 5.41) is 3.16. The fraction of sp³-hybridized carbons (Fsp3) is 0.462. The Hall–Kier alpha value is -1.55. The lowest BCUT2D eigenvalue weighted by atomic mass is 10.2. The molecule has 1 amide bonds. The molecule has 0 heterocycles. The van der Waals surface area contributed by atoms with E-state index in [2.05, 4.69) is 5.32 Å². The summed E-state index contributed by atoms with van der Waals surface area (Å²) < 4.78 is 5.60. The average Bonchev–Trinajstić information content (AvgIpc) is 2.24. The third kappa shape index (κ3) is 5.92. The van der Waals surface area contributed by atoms with E-state index in [-0.39, 0.29) is 12.0 Å². The van der Waals surface area contributed by atoms with Crippen LogP contribution in [-0.2, 0) is 11.3 Å². The van der Waals surface area contributed by atoms with Crippen LogP contribution in [0.2, 0.25) is 0 Å². The van der Waals surface area contributed by atoms with Gasteiger partial charge in [-0.15, -0.1) is 0 Å². The topological polar surface area (TPSA) is 64.3 Å². The van der Waals surface area contributed by atoms with Crippen molar-refractivity contribution in [3.8, 4) is 5.75 Å². The zero-order valence-electron chi connectivity index (χ0n) is 10.4. The number of primary amides is 1. The molecule has 0 fully saturated rings. The Morgan fingerprint density at radius 2 is 2.24 bits per heavy atom. The molecule has 0 unspecified atom stereocenters. The molecule has 1 rings (SSSR count). The highest BCUT2D eigenvalue weighted by Crippen LogP contribution is 2.14. The van der Waals surface area contributed by atoms with Gasteiger partial charge in [0.1, 0.15) is 5.75 Å². The molecule has 0 aliphatic rings. The van der Waals surface area contributed by atoms with Gasteiger partial charge in [-0.25, -0.2) is 0 Å². The Labute approximate surface area is 102 Å². The van der Waals surface area contributed by atoms with Crippen LogP contribution in [0.1, 0.15) is 25.8 Å². The molecule has 0 aliphatic carbocycles. The second kappa shape index (κ2) is 6.91. The summed E-state index contributed by atoms with van der Waals surface area (Å²) >= 11 is 0. The van der Waals surface area contributed by atoms with E-state index in [4.69, 9.17) is 10.5 Å². The van der Waals surface area contributed by atoms with Crippen molar-refractivity contribution in [1.82, 2.24) is 5.32 Å². The Kier molecular flexibility index (Phi) is 5.49. The second-order valence-electron chi connectivity index (χ2n) is 4.21. The summed E-state index contributed by atoms with van der Waals surface area (Å²) in [5.41, 5.74) is 6.18. The number of nitrogens with two attached hydrogens (primary N) is 1. The minimum absolute atomic E-state index is 0.174. The van der Waals surface area contributed by atoms with Gasteiger partial charge in [0.25, 0.3) is 0 Å². The Morgan fingerprint density at radius 3 is 2.88 bits per heavy atom. The number of ether oxygens (including phenoxy) is 1. The van der Waals surface area contributed by atoms with Gasteiger partial charge in [-0.3, -0.25) is 4.79 Å². The minimum Gasteiger partial charge on any atom is -0.491 e. The molecule has 0 aromatic heterocycles. The van der Waals surface area contributed by atoms with Gasteiger partial charge in [-0.1, -0.05) is 12.1 Å². The third-order valence-corrected chi connectivity index (χ3v) is 2.15. The van der Waals surface area contributed by atoms with E-state index >= 15 is 0 Å². The van der Waals surface area contributed by atoms with Crippen LogP contribution < -0.4 is 15.8 Å². The molecule has 1 aromatic carbocycles. The van der Waals surface area contributed by atoms with Gasteiger partial charge in [0.15, 0.2) is 0 Å². The predicted molar refractivity (Wildman–Crippen MR) is 67.7 cm³/mol. The Balaban J connectivity index is 2.40. The van der Waals surface area contributed by atoms with Crippen molar-refractivity contribution in [3.63, 3.8) is 0 Å². The minimum atomic E-state index is -0.283. The molecule has 0 bridgehead atoms. The molecule has 0 saturated heterocycles. The first-order valence-corrected chi connectivity index (χ1v) is 5.82. The first-order chi connectivity index (χ1) is 8.08. The van der Waals surface area contributed by atoms with Crippen molar-refractivity contribution in [1.29, 1.82) is 0 Å². The maximum atomic E-state index is 10.5. The van der Waals surface area contributed by atoms with Gasteiger partial charge in [0, 0.05) is 19.5 Å². The lowest BCUT2D eigenvalue weighted by Gasteiger charge is -2.11. The van der Waals surface area contributed by atoms with Gasteiger partial charge in [0.2, 0.25) is 5.91 Å². The summed E-state index contributed by atoms with van der Waals surface area (Å²) in [6, 6.07) is 7.91. The summed E-state index contributed by atoms with van der Waals surface area (Å²) in [5.74, 6) is 0.587. The quantitative estimate of drug-likeness (QED) is 0.704. The molecule has 0 aliphatic heterocycles. The number of carbonyl (C=O) groups is 1. The van der Waals surface area contributed by atoms with E-state index in [1.165, 1.54) is 0 Å². The number of carbonyl (C=O) groups excluding carboxylic acids is 1. The Morgan fingerprint density at radius 1 is 1.47 bits per heavy atom. The molecular weight excluding hydrogens is 216 g/mol. The fourth-order valence-electron chi connectivity index (χ4n) is 1.45. The van der Waals surface area contributed by atoms with Crippen molar-refractivity contribution in [2.24, 2.45) is 5.73 Å². The summed E-state index contributed by atoms with van der Waals surface area (Å²) in [4.78, 5) is 10.5. The van der Waals surface area contributed by atoms with Crippen LogP contribution in [0.25, 0.3) is 0 Å². The number of nitrogens with one attached hydrogen (secondary N) is 1.